The van der Waals surface area contributed by atoms with E-state index in [1.54, 1.807) is 0 Å². The highest BCUT2D eigenvalue weighted by Gasteiger charge is 2.25. The van der Waals surface area contributed by atoms with Crippen molar-refractivity contribution < 1.29 is 4.74 Å². The molecule has 1 aliphatic carbocycles. The minimum Gasteiger partial charge on any atom is -0.369 e. The van der Waals surface area contributed by atoms with Crippen LogP contribution < -0.4 is 0 Å². The first-order chi connectivity index (χ1) is 9.81. The SMILES string of the molecule is Cc1cnc(C2CN(CC3CCCCC3)CCO2)cn1. The zero-order chi connectivity index (χ0) is 13.8. The molecule has 2 aliphatic rings. The summed E-state index contributed by atoms with van der Waals surface area (Å²) in [7, 11) is 0. The van der Waals surface area contributed by atoms with Gasteiger partial charge in [0.25, 0.3) is 0 Å². The maximum atomic E-state index is 5.88. The topological polar surface area (TPSA) is 38.2 Å². The quantitative estimate of drug-likeness (QED) is 0.850. The molecule has 1 unspecified atom stereocenters. The van der Waals surface area contributed by atoms with E-state index in [-0.39, 0.29) is 6.10 Å². The van der Waals surface area contributed by atoms with Crippen molar-refractivity contribution in [3.63, 3.8) is 0 Å². The summed E-state index contributed by atoms with van der Waals surface area (Å²) in [6.07, 6.45) is 10.9. The summed E-state index contributed by atoms with van der Waals surface area (Å²) in [6, 6.07) is 0. The van der Waals surface area contributed by atoms with Crippen molar-refractivity contribution in [1.29, 1.82) is 0 Å². The van der Waals surface area contributed by atoms with Crippen LogP contribution in [0.3, 0.4) is 0 Å². The Bertz CT molecular complexity index is 414. The molecule has 0 N–H and O–H groups in total. The van der Waals surface area contributed by atoms with Gasteiger partial charge in [0.1, 0.15) is 6.10 Å². The van der Waals surface area contributed by atoms with Crippen molar-refractivity contribution in [1.82, 2.24) is 14.9 Å². The van der Waals surface area contributed by atoms with E-state index < -0.39 is 0 Å². The van der Waals surface area contributed by atoms with Crippen LogP contribution in [0.2, 0.25) is 0 Å². The average molecular weight is 275 g/mol. The van der Waals surface area contributed by atoms with Crippen LogP contribution in [0.15, 0.2) is 12.4 Å². The molecule has 2 heterocycles. The number of morpholine rings is 1. The molecule has 2 fully saturated rings. The first-order valence-corrected chi connectivity index (χ1v) is 7.94. The molecule has 1 saturated carbocycles. The predicted molar refractivity (Wildman–Crippen MR) is 78.5 cm³/mol. The van der Waals surface area contributed by atoms with Gasteiger partial charge in [-0.3, -0.25) is 14.9 Å². The molecule has 0 radical (unpaired) electrons. The van der Waals surface area contributed by atoms with Crippen LogP contribution in [0.1, 0.15) is 49.6 Å². The molecule has 0 amide bonds. The molecule has 1 atom stereocenters. The van der Waals surface area contributed by atoms with E-state index >= 15 is 0 Å². The fourth-order valence-electron chi connectivity index (χ4n) is 3.35. The smallest absolute Gasteiger partial charge is 0.114 e. The lowest BCUT2D eigenvalue weighted by Gasteiger charge is -2.35. The molecule has 4 heteroatoms. The summed E-state index contributed by atoms with van der Waals surface area (Å²) in [4.78, 5) is 11.4. The largest absolute Gasteiger partial charge is 0.369 e. The average Bonchev–Trinajstić information content (AvgIpc) is 2.49. The fourth-order valence-corrected chi connectivity index (χ4v) is 3.35. The van der Waals surface area contributed by atoms with Gasteiger partial charge in [-0.15, -0.1) is 0 Å². The standard InChI is InChI=1S/C16H25N3O/c1-13-9-18-15(10-17-13)16-12-19(7-8-20-16)11-14-5-3-2-4-6-14/h9-10,14,16H,2-8,11-12H2,1H3. The second kappa shape index (κ2) is 6.64. The van der Waals surface area contributed by atoms with Crippen molar-refractivity contribution in [3.05, 3.63) is 23.8 Å². The first-order valence-electron chi connectivity index (χ1n) is 7.94. The Kier molecular flexibility index (Phi) is 4.63. The van der Waals surface area contributed by atoms with Crippen LogP contribution in [-0.2, 0) is 4.74 Å². The summed E-state index contributed by atoms with van der Waals surface area (Å²) < 4.78 is 5.88. The van der Waals surface area contributed by atoms with Crippen LogP contribution >= 0.6 is 0 Å². The Labute approximate surface area is 121 Å². The van der Waals surface area contributed by atoms with Gasteiger partial charge in [0, 0.05) is 25.8 Å². The normalized spacial score (nSPS) is 25.8. The third kappa shape index (κ3) is 3.55. The Hall–Kier alpha value is -1.00. The van der Waals surface area contributed by atoms with E-state index in [1.807, 2.05) is 19.3 Å². The van der Waals surface area contributed by atoms with Crippen LogP contribution in [0.4, 0.5) is 0 Å². The predicted octanol–water partition coefficient (Wildman–Crippen LogP) is 2.74. The van der Waals surface area contributed by atoms with E-state index in [2.05, 4.69) is 14.9 Å². The van der Waals surface area contributed by atoms with Crippen LogP contribution in [0, 0.1) is 12.8 Å². The molecule has 110 valence electrons. The Balaban J connectivity index is 1.57. The highest BCUT2D eigenvalue weighted by atomic mass is 16.5. The van der Waals surface area contributed by atoms with Gasteiger partial charge in [0.05, 0.1) is 24.2 Å². The molecule has 3 rings (SSSR count). The number of aryl methyl sites for hydroxylation is 1. The van der Waals surface area contributed by atoms with E-state index in [9.17, 15) is 0 Å². The molecule has 0 bridgehead atoms. The molecular formula is C16H25N3O. The lowest BCUT2D eigenvalue weighted by molar-refractivity contribution is -0.0381. The molecular weight excluding hydrogens is 250 g/mol. The number of hydrogen-bond acceptors (Lipinski definition) is 4. The van der Waals surface area contributed by atoms with Crippen molar-refractivity contribution in [2.24, 2.45) is 5.92 Å². The van der Waals surface area contributed by atoms with Crippen molar-refractivity contribution in [3.8, 4) is 0 Å². The number of ether oxygens (including phenoxy) is 1. The number of nitrogens with zero attached hydrogens (tertiary/aromatic N) is 3. The van der Waals surface area contributed by atoms with Gasteiger partial charge < -0.3 is 4.74 Å². The van der Waals surface area contributed by atoms with E-state index in [1.165, 1.54) is 38.6 Å². The maximum absolute atomic E-state index is 5.88. The van der Waals surface area contributed by atoms with Gasteiger partial charge in [-0.25, -0.2) is 0 Å². The van der Waals surface area contributed by atoms with Crippen LogP contribution in [-0.4, -0.2) is 41.1 Å². The number of aromatic nitrogens is 2. The van der Waals surface area contributed by atoms with Gasteiger partial charge in [-0.2, -0.15) is 0 Å². The lowest BCUT2D eigenvalue weighted by atomic mass is 9.89. The molecule has 0 aromatic carbocycles. The Morgan fingerprint density at radius 3 is 2.80 bits per heavy atom. The third-order valence-corrected chi connectivity index (χ3v) is 4.52. The van der Waals surface area contributed by atoms with Gasteiger partial charge >= 0.3 is 0 Å². The zero-order valence-electron chi connectivity index (χ0n) is 12.4. The maximum Gasteiger partial charge on any atom is 0.114 e. The fraction of sp³-hybridized carbons (Fsp3) is 0.750. The molecule has 0 spiro atoms. The molecule has 20 heavy (non-hydrogen) atoms. The number of hydrogen-bond donors (Lipinski definition) is 0. The molecule has 1 aromatic heterocycles. The van der Waals surface area contributed by atoms with Crippen LogP contribution in [0.25, 0.3) is 0 Å². The summed E-state index contributed by atoms with van der Waals surface area (Å²) in [5, 5.41) is 0. The van der Waals surface area contributed by atoms with Gasteiger partial charge in [-0.05, 0) is 25.7 Å². The van der Waals surface area contributed by atoms with Gasteiger partial charge in [0.15, 0.2) is 0 Å². The van der Waals surface area contributed by atoms with E-state index in [0.717, 1.165) is 37.0 Å². The summed E-state index contributed by atoms with van der Waals surface area (Å²) in [5.74, 6) is 0.895. The zero-order valence-corrected chi connectivity index (χ0v) is 12.4. The minimum atomic E-state index is 0.0976. The molecule has 1 aliphatic heterocycles. The first kappa shape index (κ1) is 14.0. The van der Waals surface area contributed by atoms with Crippen molar-refractivity contribution in [2.45, 2.75) is 45.1 Å². The van der Waals surface area contributed by atoms with Crippen LogP contribution in [0.5, 0.6) is 0 Å². The summed E-state index contributed by atoms with van der Waals surface area (Å²) in [6.45, 7) is 6.04. The minimum absolute atomic E-state index is 0.0976. The van der Waals surface area contributed by atoms with Crippen molar-refractivity contribution in [2.75, 3.05) is 26.2 Å². The lowest BCUT2D eigenvalue weighted by Crippen LogP contribution is -2.41. The highest BCUT2D eigenvalue weighted by molar-refractivity contribution is 5.05. The summed E-state index contributed by atoms with van der Waals surface area (Å²) >= 11 is 0. The number of rotatable bonds is 3. The van der Waals surface area contributed by atoms with Gasteiger partial charge in [-0.1, -0.05) is 19.3 Å². The highest BCUT2D eigenvalue weighted by Crippen LogP contribution is 2.27. The second-order valence-corrected chi connectivity index (χ2v) is 6.21. The van der Waals surface area contributed by atoms with Gasteiger partial charge in [0.2, 0.25) is 0 Å². The Morgan fingerprint density at radius 2 is 2.05 bits per heavy atom. The molecule has 4 nitrogen and oxygen atoms in total. The molecule has 1 aromatic rings. The Morgan fingerprint density at radius 1 is 1.20 bits per heavy atom. The summed E-state index contributed by atoms with van der Waals surface area (Å²) in [5.41, 5.74) is 1.94. The van der Waals surface area contributed by atoms with Crippen molar-refractivity contribution >= 4 is 0 Å². The van der Waals surface area contributed by atoms with E-state index in [0.29, 0.717) is 0 Å². The molecule has 1 saturated heterocycles. The second-order valence-electron chi connectivity index (χ2n) is 6.21. The monoisotopic (exact) mass is 275 g/mol. The van der Waals surface area contributed by atoms with E-state index in [4.69, 9.17) is 4.74 Å². The third-order valence-electron chi connectivity index (χ3n) is 4.52.